The van der Waals surface area contributed by atoms with Gasteiger partial charge in [-0.1, -0.05) is 11.6 Å². The molecule has 0 saturated carbocycles. The molecule has 1 saturated heterocycles. The zero-order valence-electron chi connectivity index (χ0n) is 16.2. The van der Waals surface area contributed by atoms with Crippen LogP contribution in [0.1, 0.15) is 12.0 Å². The summed E-state index contributed by atoms with van der Waals surface area (Å²) in [5.41, 5.74) is 2.78. The number of nitrogens with zero attached hydrogens (tertiary/aromatic N) is 3. The largest absolute Gasteiger partial charge is 0.507 e. The SMILES string of the molecule is COCc1cc(Cl)cc(O)c1-c1ccc2oc(NC3C[C@H](O)CN(C)C3)nc2n1. The van der Waals surface area contributed by atoms with Crippen molar-refractivity contribution in [1.29, 1.82) is 0 Å². The number of ether oxygens (including phenoxy) is 1. The number of piperidine rings is 1. The smallest absolute Gasteiger partial charge is 0.297 e. The summed E-state index contributed by atoms with van der Waals surface area (Å²) in [5, 5.41) is 24.0. The second-order valence-electron chi connectivity index (χ2n) is 7.38. The Labute approximate surface area is 173 Å². The number of aliphatic hydroxyl groups is 1. The fourth-order valence-corrected chi connectivity index (χ4v) is 4.03. The van der Waals surface area contributed by atoms with Crippen LogP contribution in [-0.2, 0) is 11.3 Å². The number of likely N-dealkylation sites (N-methyl/N-ethyl adjacent to an activating group) is 1. The van der Waals surface area contributed by atoms with Crippen molar-refractivity contribution in [2.45, 2.75) is 25.2 Å². The molecule has 2 aromatic heterocycles. The Morgan fingerprint density at radius 2 is 2.14 bits per heavy atom. The Morgan fingerprint density at radius 3 is 2.90 bits per heavy atom. The average molecular weight is 419 g/mol. The first-order valence-corrected chi connectivity index (χ1v) is 9.72. The number of pyridine rings is 1. The minimum absolute atomic E-state index is 0.0254. The van der Waals surface area contributed by atoms with E-state index in [1.807, 2.05) is 7.05 Å². The van der Waals surface area contributed by atoms with Crippen molar-refractivity contribution in [3.8, 4) is 17.0 Å². The first kappa shape index (κ1) is 19.9. The number of phenolic OH excluding ortho intramolecular Hbond substituents is 1. The number of aliphatic hydroxyl groups excluding tert-OH is 1. The summed E-state index contributed by atoms with van der Waals surface area (Å²) < 4.78 is 11.0. The van der Waals surface area contributed by atoms with Gasteiger partial charge in [-0.3, -0.25) is 0 Å². The zero-order chi connectivity index (χ0) is 20.5. The number of anilines is 1. The monoisotopic (exact) mass is 418 g/mol. The van der Waals surface area contributed by atoms with E-state index in [2.05, 4.69) is 20.2 Å². The van der Waals surface area contributed by atoms with Gasteiger partial charge in [0, 0.05) is 36.8 Å². The van der Waals surface area contributed by atoms with Crippen LogP contribution in [0.4, 0.5) is 6.01 Å². The highest BCUT2D eigenvalue weighted by atomic mass is 35.5. The van der Waals surface area contributed by atoms with E-state index in [4.69, 9.17) is 20.8 Å². The van der Waals surface area contributed by atoms with Crippen LogP contribution in [-0.4, -0.2) is 64.5 Å². The summed E-state index contributed by atoms with van der Waals surface area (Å²) in [5.74, 6) is 0.0254. The number of β-amino-alcohol motifs (C(OH)–C–C–N with tert-alkyl or cyclic N) is 1. The lowest BCUT2D eigenvalue weighted by molar-refractivity contribution is 0.0775. The molecule has 8 nitrogen and oxygen atoms in total. The second kappa shape index (κ2) is 8.16. The van der Waals surface area contributed by atoms with E-state index >= 15 is 0 Å². The van der Waals surface area contributed by atoms with Gasteiger partial charge in [-0.05, 0) is 43.3 Å². The Bertz CT molecular complexity index is 1020. The molecule has 29 heavy (non-hydrogen) atoms. The van der Waals surface area contributed by atoms with Gasteiger partial charge >= 0.3 is 0 Å². The number of likely N-dealkylation sites (tertiary alicyclic amines) is 1. The van der Waals surface area contributed by atoms with Crippen LogP contribution in [0.5, 0.6) is 5.75 Å². The fourth-order valence-electron chi connectivity index (χ4n) is 3.80. The number of aromatic nitrogens is 2. The van der Waals surface area contributed by atoms with E-state index in [0.717, 1.165) is 12.1 Å². The number of phenols is 1. The van der Waals surface area contributed by atoms with Crippen molar-refractivity contribution in [2.24, 2.45) is 0 Å². The third-order valence-corrected chi connectivity index (χ3v) is 5.13. The molecular weight excluding hydrogens is 396 g/mol. The molecule has 1 unspecified atom stereocenters. The van der Waals surface area contributed by atoms with Gasteiger partial charge in [0.05, 0.1) is 18.4 Å². The van der Waals surface area contributed by atoms with E-state index in [0.29, 0.717) is 46.5 Å². The number of hydrogen-bond acceptors (Lipinski definition) is 8. The summed E-state index contributed by atoms with van der Waals surface area (Å²) in [4.78, 5) is 11.1. The zero-order valence-corrected chi connectivity index (χ0v) is 17.0. The standard InChI is InChI=1S/C20H23ClN4O4/c1-25-8-13(7-14(26)9-25)22-20-24-19-17(29-20)4-3-15(23-19)18-11(10-28-2)5-12(21)6-16(18)27/h3-6,13-14,26-27H,7-10H2,1-2H3,(H,22,23,24)/t13?,14-/m0/s1. The minimum atomic E-state index is -0.382. The fraction of sp³-hybridized carbons (Fsp3) is 0.400. The predicted octanol–water partition coefficient (Wildman–Crippen LogP) is 2.87. The van der Waals surface area contributed by atoms with Gasteiger partial charge in [0.15, 0.2) is 5.58 Å². The van der Waals surface area contributed by atoms with Gasteiger partial charge in [0.2, 0.25) is 5.65 Å². The summed E-state index contributed by atoms with van der Waals surface area (Å²) in [6.07, 6.45) is 0.244. The maximum Gasteiger partial charge on any atom is 0.297 e. The molecule has 4 rings (SSSR count). The van der Waals surface area contributed by atoms with Gasteiger partial charge in [-0.25, -0.2) is 4.98 Å². The normalized spacial score (nSPS) is 20.3. The number of fused-ring (bicyclic) bond motifs is 1. The molecule has 2 atom stereocenters. The van der Waals surface area contributed by atoms with Gasteiger partial charge in [-0.2, -0.15) is 4.98 Å². The van der Waals surface area contributed by atoms with Crippen molar-refractivity contribution >= 4 is 28.8 Å². The molecule has 9 heteroatoms. The lowest BCUT2D eigenvalue weighted by atomic mass is 10.0. The maximum absolute atomic E-state index is 10.4. The van der Waals surface area contributed by atoms with E-state index in [9.17, 15) is 10.2 Å². The predicted molar refractivity (Wildman–Crippen MR) is 110 cm³/mol. The summed E-state index contributed by atoms with van der Waals surface area (Å²) >= 11 is 6.06. The Morgan fingerprint density at radius 1 is 1.31 bits per heavy atom. The lowest BCUT2D eigenvalue weighted by Crippen LogP contribution is -2.46. The highest BCUT2D eigenvalue weighted by molar-refractivity contribution is 6.31. The molecule has 1 aromatic carbocycles. The third kappa shape index (κ3) is 4.30. The average Bonchev–Trinajstić information content (AvgIpc) is 3.02. The number of halogens is 1. The number of methoxy groups -OCH3 is 1. The van der Waals surface area contributed by atoms with Crippen molar-refractivity contribution in [3.63, 3.8) is 0 Å². The first-order valence-electron chi connectivity index (χ1n) is 9.34. The van der Waals surface area contributed by atoms with Gasteiger partial charge in [0.1, 0.15) is 5.75 Å². The van der Waals surface area contributed by atoms with Crippen LogP contribution in [0.3, 0.4) is 0 Å². The molecule has 0 amide bonds. The molecule has 1 aliphatic rings. The molecule has 3 N–H and O–H groups in total. The number of hydrogen-bond donors (Lipinski definition) is 3. The van der Waals surface area contributed by atoms with Crippen LogP contribution in [0.25, 0.3) is 22.5 Å². The molecule has 0 radical (unpaired) electrons. The highest BCUT2D eigenvalue weighted by Crippen LogP contribution is 2.36. The van der Waals surface area contributed by atoms with Crippen LogP contribution in [0.2, 0.25) is 5.02 Å². The van der Waals surface area contributed by atoms with E-state index < -0.39 is 0 Å². The Kier molecular flexibility index (Phi) is 5.60. The number of nitrogens with one attached hydrogen (secondary N) is 1. The van der Waals surface area contributed by atoms with E-state index in [-0.39, 0.29) is 24.5 Å². The lowest BCUT2D eigenvalue weighted by Gasteiger charge is -2.33. The molecule has 0 bridgehead atoms. The maximum atomic E-state index is 10.4. The van der Waals surface area contributed by atoms with Gasteiger partial charge < -0.3 is 29.6 Å². The molecular formula is C20H23ClN4O4. The molecule has 1 fully saturated rings. The Hall–Kier alpha value is -2.39. The van der Waals surface area contributed by atoms with Gasteiger partial charge in [-0.15, -0.1) is 0 Å². The first-order chi connectivity index (χ1) is 13.9. The van der Waals surface area contributed by atoms with Crippen molar-refractivity contribution < 1.29 is 19.4 Å². The van der Waals surface area contributed by atoms with E-state index in [1.165, 1.54) is 6.07 Å². The number of benzene rings is 1. The molecule has 3 aromatic rings. The van der Waals surface area contributed by atoms with Gasteiger partial charge in [0.25, 0.3) is 6.01 Å². The molecule has 0 aliphatic carbocycles. The quantitative estimate of drug-likeness (QED) is 0.581. The van der Waals surface area contributed by atoms with Crippen LogP contribution >= 0.6 is 11.6 Å². The minimum Gasteiger partial charge on any atom is -0.507 e. The summed E-state index contributed by atoms with van der Waals surface area (Å²) in [6, 6.07) is 7.13. The molecule has 3 heterocycles. The van der Waals surface area contributed by atoms with Crippen LogP contribution in [0, 0.1) is 0 Å². The molecule has 0 spiro atoms. The second-order valence-corrected chi connectivity index (χ2v) is 7.82. The number of rotatable bonds is 5. The highest BCUT2D eigenvalue weighted by Gasteiger charge is 2.25. The third-order valence-electron chi connectivity index (χ3n) is 4.91. The van der Waals surface area contributed by atoms with Crippen LogP contribution in [0.15, 0.2) is 28.7 Å². The number of oxazole rings is 1. The Balaban J connectivity index is 1.64. The van der Waals surface area contributed by atoms with Crippen LogP contribution < -0.4 is 5.32 Å². The summed E-state index contributed by atoms with van der Waals surface area (Å²) in [7, 11) is 3.54. The molecule has 1 aliphatic heterocycles. The number of aromatic hydroxyl groups is 1. The van der Waals surface area contributed by atoms with Crippen molar-refractivity contribution in [3.05, 3.63) is 34.9 Å². The van der Waals surface area contributed by atoms with Crippen molar-refractivity contribution in [1.82, 2.24) is 14.9 Å². The topological polar surface area (TPSA) is 104 Å². The molecule has 154 valence electrons. The van der Waals surface area contributed by atoms with Crippen molar-refractivity contribution in [2.75, 3.05) is 32.6 Å². The summed E-state index contributed by atoms with van der Waals surface area (Å²) in [6.45, 7) is 1.73. The van der Waals surface area contributed by atoms with E-state index in [1.54, 1.807) is 25.3 Å².